The van der Waals surface area contributed by atoms with E-state index in [4.69, 9.17) is 0 Å². The van der Waals surface area contributed by atoms with Crippen LogP contribution in [0.1, 0.15) is 40.0 Å². The third kappa shape index (κ3) is 3.28. The summed E-state index contributed by atoms with van der Waals surface area (Å²) in [6.45, 7) is 8.82. The summed E-state index contributed by atoms with van der Waals surface area (Å²) in [5, 5.41) is 9.54. The van der Waals surface area contributed by atoms with Gasteiger partial charge in [-0.15, -0.1) is 0 Å². The third-order valence-electron chi connectivity index (χ3n) is 3.23. The van der Waals surface area contributed by atoms with E-state index in [1.807, 2.05) is 0 Å². The maximum Gasteiger partial charge on any atom is 0.0667 e. The molecule has 1 aliphatic heterocycles. The quantitative estimate of drug-likeness (QED) is 0.725. The van der Waals surface area contributed by atoms with E-state index in [0.29, 0.717) is 6.04 Å². The molecular formula is C11H23NO. The Kier molecular flexibility index (Phi) is 4.20. The number of nitrogens with zero attached hydrogens (tertiary/aromatic N) is 1. The Morgan fingerprint density at radius 1 is 1.46 bits per heavy atom. The Morgan fingerprint density at radius 2 is 2.15 bits per heavy atom. The van der Waals surface area contributed by atoms with Crippen LogP contribution in [-0.2, 0) is 0 Å². The Hall–Kier alpha value is -0.0800. The van der Waals surface area contributed by atoms with Gasteiger partial charge >= 0.3 is 0 Å². The van der Waals surface area contributed by atoms with Crippen LogP contribution in [0.25, 0.3) is 0 Å². The average molecular weight is 185 g/mol. The molecule has 1 aliphatic rings. The Morgan fingerprint density at radius 3 is 2.77 bits per heavy atom. The van der Waals surface area contributed by atoms with Crippen LogP contribution in [0.4, 0.5) is 0 Å². The Bertz CT molecular complexity index is 149. The minimum Gasteiger partial charge on any atom is -0.392 e. The molecule has 0 aromatic heterocycles. The highest BCUT2D eigenvalue weighted by Gasteiger charge is 2.24. The fourth-order valence-electron chi connectivity index (χ4n) is 1.94. The largest absolute Gasteiger partial charge is 0.392 e. The van der Waals surface area contributed by atoms with Gasteiger partial charge in [0.2, 0.25) is 0 Å². The molecule has 0 aromatic carbocycles. The zero-order valence-corrected chi connectivity index (χ0v) is 9.16. The van der Waals surface area contributed by atoms with Crippen molar-refractivity contribution in [3.8, 4) is 0 Å². The third-order valence-corrected chi connectivity index (χ3v) is 3.23. The smallest absolute Gasteiger partial charge is 0.0667 e. The van der Waals surface area contributed by atoms with E-state index >= 15 is 0 Å². The van der Waals surface area contributed by atoms with Crippen LogP contribution in [0, 0.1) is 5.92 Å². The summed E-state index contributed by atoms with van der Waals surface area (Å²) in [6, 6.07) is 0.664. The monoisotopic (exact) mass is 185 g/mol. The van der Waals surface area contributed by atoms with E-state index in [1.54, 1.807) is 0 Å². The highest BCUT2D eigenvalue weighted by Crippen LogP contribution is 2.18. The lowest BCUT2D eigenvalue weighted by Gasteiger charge is -2.37. The van der Waals surface area contributed by atoms with Crippen LogP contribution >= 0.6 is 0 Å². The Balaban J connectivity index is 2.37. The van der Waals surface area contributed by atoms with Crippen LogP contribution in [0.15, 0.2) is 0 Å². The van der Waals surface area contributed by atoms with Crippen molar-refractivity contribution in [2.24, 2.45) is 5.92 Å². The zero-order valence-electron chi connectivity index (χ0n) is 9.16. The second kappa shape index (κ2) is 4.97. The van der Waals surface area contributed by atoms with Crippen molar-refractivity contribution in [2.45, 2.75) is 52.2 Å². The zero-order chi connectivity index (χ0) is 9.84. The molecule has 1 rings (SSSR count). The van der Waals surface area contributed by atoms with Crippen molar-refractivity contribution in [3.05, 3.63) is 0 Å². The number of β-amino-alcohol motifs (C(OH)–C–C–N with tert-alkyl or cyclic N) is 1. The molecule has 2 nitrogen and oxygen atoms in total. The van der Waals surface area contributed by atoms with E-state index in [2.05, 4.69) is 25.7 Å². The molecule has 0 radical (unpaired) electrons. The molecule has 0 bridgehead atoms. The molecule has 0 aromatic rings. The maximum atomic E-state index is 9.54. The number of rotatable bonds is 3. The van der Waals surface area contributed by atoms with Crippen LogP contribution in [0.2, 0.25) is 0 Å². The van der Waals surface area contributed by atoms with Crippen molar-refractivity contribution in [1.82, 2.24) is 4.90 Å². The molecule has 1 N–H and O–H groups in total. The van der Waals surface area contributed by atoms with Gasteiger partial charge in [-0.05, 0) is 25.7 Å². The Labute approximate surface area is 81.9 Å². The first kappa shape index (κ1) is 11.0. The minimum atomic E-state index is -0.0831. The first-order valence-corrected chi connectivity index (χ1v) is 5.55. The van der Waals surface area contributed by atoms with Crippen molar-refractivity contribution < 1.29 is 5.11 Å². The number of aliphatic hydroxyl groups excluding tert-OH is 1. The summed E-state index contributed by atoms with van der Waals surface area (Å²) in [6.07, 6.45) is 3.29. The maximum absolute atomic E-state index is 9.54. The molecule has 78 valence electrons. The van der Waals surface area contributed by atoms with Crippen LogP contribution < -0.4 is 0 Å². The van der Waals surface area contributed by atoms with E-state index in [0.717, 1.165) is 31.8 Å². The predicted octanol–water partition coefficient (Wildman–Crippen LogP) is 1.88. The van der Waals surface area contributed by atoms with Gasteiger partial charge in [-0.3, -0.25) is 4.90 Å². The van der Waals surface area contributed by atoms with Gasteiger partial charge < -0.3 is 5.11 Å². The van der Waals surface area contributed by atoms with Gasteiger partial charge in [0.1, 0.15) is 0 Å². The molecular weight excluding hydrogens is 162 g/mol. The number of piperidine rings is 1. The highest BCUT2D eigenvalue weighted by molar-refractivity contribution is 4.79. The highest BCUT2D eigenvalue weighted by atomic mass is 16.3. The summed E-state index contributed by atoms with van der Waals surface area (Å²) in [7, 11) is 0. The van der Waals surface area contributed by atoms with Crippen molar-refractivity contribution in [3.63, 3.8) is 0 Å². The van der Waals surface area contributed by atoms with Gasteiger partial charge in [0.05, 0.1) is 6.10 Å². The molecule has 1 fully saturated rings. The van der Waals surface area contributed by atoms with Gasteiger partial charge in [0, 0.05) is 19.1 Å². The van der Waals surface area contributed by atoms with Gasteiger partial charge in [-0.25, -0.2) is 0 Å². The van der Waals surface area contributed by atoms with E-state index < -0.39 is 0 Å². The minimum absolute atomic E-state index is 0.0831. The molecule has 13 heavy (non-hydrogen) atoms. The van der Waals surface area contributed by atoms with Gasteiger partial charge in [-0.2, -0.15) is 0 Å². The SMILES string of the molecule is CCC(C)CN1C[C@@H](O)CC[C@@H]1C. The normalized spacial score (nSPS) is 33.2. The molecule has 1 heterocycles. The summed E-state index contributed by atoms with van der Waals surface area (Å²) < 4.78 is 0. The molecule has 3 atom stereocenters. The lowest BCUT2D eigenvalue weighted by Crippen LogP contribution is -2.45. The topological polar surface area (TPSA) is 23.5 Å². The number of likely N-dealkylation sites (tertiary alicyclic amines) is 1. The lowest BCUT2D eigenvalue weighted by molar-refractivity contribution is 0.0331. The van der Waals surface area contributed by atoms with E-state index in [9.17, 15) is 5.11 Å². The average Bonchev–Trinajstić information content (AvgIpc) is 2.11. The number of hydrogen-bond donors (Lipinski definition) is 1. The molecule has 0 aliphatic carbocycles. The lowest BCUT2D eigenvalue weighted by atomic mass is 9.99. The summed E-state index contributed by atoms with van der Waals surface area (Å²) in [5.41, 5.74) is 0. The van der Waals surface area contributed by atoms with Crippen molar-refractivity contribution >= 4 is 0 Å². The van der Waals surface area contributed by atoms with Crippen LogP contribution in [0.3, 0.4) is 0 Å². The number of aliphatic hydroxyl groups is 1. The second-order valence-corrected chi connectivity index (χ2v) is 4.55. The molecule has 2 heteroatoms. The molecule has 1 unspecified atom stereocenters. The fourth-order valence-corrected chi connectivity index (χ4v) is 1.94. The van der Waals surface area contributed by atoms with E-state index in [-0.39, 0.29) is 6.10 Å². The van der Waals surface area contributed by atoms with Crippen molar-refractivity contribution in [2.75, 3.05) is 13.1 Å². The van der Waals surface area contributed by atoms with Gasteiger partial charge in [-0.1, -0.05) is 20.3 Å². The van der Waals surface area contributed by atoms with Crippen LogP contribution in [0.5, 0.6) is 0 Å². The standard InChI is InChI=1S/C11H23NO/c1-4-9(2)7-12-8-11(13)6-5-10(12)3/h9-11,13H,4-8H2,1-3H3/t9?,10-,11-/m0/s1. The van der Waals surface area contributed by atoms with Crippen LogP contribution in [-0.4, -0.2) is 35.2 Å². The first-order valence-electron chi connectivity index (χ1n) is 5.55. The molecule has 0 spiro atoms. The first-order chi connectivity index (χ1) is 6.13. The molecule has 0 amide bonds. The fraction of sp³-hybridized carbons (Fsp3) is 1.00. The predicted molar refractivity (Wildman–Crippen MR) is 55.7 cm³/mol. The van der Waals surface area contributed by atoms with Gasteiger partial charge in [0.15, 0.2) is 0 Å². The second-order valence-electron chi connectivity index (χ2n) is 4.55. The van der Waals surface area contributed by atoms with Crippen molar-refractivity contribution in [1.29, 1.82) is 0 Å². The van der Waals surface area contributed by atoms with E-state index in [1.165, 1.54) is 6.42 Å². The summed E-state index contributed by atoms with van der Waals surface area (Å²) >= 11 is 0. The molecule has 1 saturated heterocycles. The summed E-state index contributed by atoms with van der Waals surface area (Å²) in [4.78, 5) is 2.43. The molecule has 0 saturated carbocycles. The summed E-state index contributed by atoms with van der Waals surface area (Å²) in [5.74, 6) is 0.757. The number of hydrogen-bond acceptors (Lipinski definition) is 2. The van der Waals surface area contributed by atoms with Gasteiger partial charge in [0.25, 0.3) is 0 Å².